The molecule has 0 spiro atoms. The van der Waals surface area contributed by atoms with E-state index in [-0.39, 0.29) is 18.0 Å². The molecule has 0 atom stereocenters. The van der Waals surface area contributed by atoms with Crippen molar-refractivity contribution < 1.29 is 9.21 Å². The summed E-state index contributed by atoms with van der Waals surface area (Å²) >= 11 is 12.9. The minimum absolute atomic E-state index is 0.0347. The van der Waals surface area contributed by atoms with Gasteiger partial charge in [-0.3, -0.25) is 19.1 Å². The molecule has 0 bridgehead atoms. The van der Waals surface area contributed by atoms with E-state index in [0.717, 1.165) is 5.56 Å². The number of halogens is 1. The molecule has 7 nitrogen and oxygen atoms in total. The van der Waals surface area contributed by atoms with Gasteiger partial charge in [0, 0.05) is 23.7 Å². The number of nitrogens with one attached hydrogen (secondary N) is 1. The number of pyridine rings is 1. The molecular weight excluding hydrogens is 504 g/mol. The van der Waals surface area contributed by atoms with Crippen LogP contribution in [0.2, 0.25) is 5.02 Å². The zero-order valence-electron chi connectivity index (χ0n) is 19.0. The normalized spacial score (nSPS) is 14.6. The van der Waals surface area contributed by atoms with E-state index >= 15 is 0 Å². The molecule has 1 saturated heterocycles. The summed E-state index contributed by atoms with van der Waals surface area (Å²) in [6.07, 6.45) is 3.23. The van der Waals surface area contributed by atoms with Crippen LogP contribution in [0.4, 0.5) is 5.82 Å². The number of furan rings is 1. The lowest BCUT2D eigenvalue weighted by Crippen LogP contribution is -2.28. The van der Waals surface area contributed by atoms with Gasteiger partial charge in [-0.1, -0.05) is 53.8 Å². The number of anilines is 1. The van der Waals surface area contributed by atoms with Crippen molar-refractivity contribution in [1.82, 2.24) is 9.47 Å². The minimum atomic E-state index is -0.392. The molecule has 0 aliphatic carbocycles. The third-order valence-electron chi connectivity index (χ3n) is 5.64. The van der Waals surface area contributed by atoms with Crippen LogP contribution in [0, 0.1) is 18.3 Å². The Hall–Kier alpha value is -3.32. The fourth-order valence-corrected chi connectivity index (χ4v) is 5.24. The van der Waals surface area contributed by atoms with Gasteiger partial charge < -0.3 is 9.73 Å². The second-order valence-electron chi connectivity index (χ2n) is 7.72. The average Bonchev–Trinajstić information content (AvgIpc) is 3.45. The molecule has 1 aromatic carbocycles. The highest BCUT2D eigenvalue weighted by Crippen LogP contribution is 2.36. The monoisotopic (exact) mass is 524 g/mol. The molecule has 0 saturated carbocycles. The summed E-state index contributed by atoms with van der Waals surface area (Å²) in [6.45, 7) is 4.44. The van der Waals surface area contributed by atoms with Crippen LogP contribution in [0.5, 0.6) is 0 Å². The molecule has 1 fully saturated rings. The number of thioether (sulfide) groups is 1. The highest BCUT2D eigenvalue weighted by atomic mass is 35.5. The average molecular weight is 525 g/mol. The Kier molecular flexibility index (Phi) is 7.45. The number of hydrogen-bond acceptors (Lipinski definition) is 7. The maximum atomic E-state index is 13.2. The lowest BCUT2D eigenvalue weighted by atomic mass is 10.0. The van der Waals surface area contributed by atoms with Crippen molar-refractivity contribution >= 4 is 57.7 Å². The van der Waals surface area contributed by atoms with E-state index in [9.17, 15) is 14.9 Å². The first kappa shape index (κ1) is 24.8. The van der Waals surface area contributed by atoms with Crippen molar-refractivity contribution in [3.63, 3.8) is 0 Å². The standard InChI is InChI=1S/C25H21ClN4O3S2/c1-3-29-22(28-13-16-7-4-5-9-20(16)26)18(15(2)19(12-27)23(29)31)11-21-24(32)30(25(34)35-21)14-17-8-6-10-33-17/h4-11,28H,3,13-14H2,1-2H3/b21-11+. The second kappa shape index (κ2) is 10.5. The fraction of sp³-hybridized carbons (Fsp3) is 0.200. The Balaban J connectivity index is 1.78. The van der Waals surface area contributed by atoms with Gasteiger partial charge in [-0.2, -0.15) is 5.26 Å². The summed E-state index contributed by atoms with van der Waals surface area (Å²) in [5.74, 6) is 0.859. The number of hydrogen-bond donors (Lipinski definition) is 1. The second-order valence-corrected chi connectivity index (χ2v) is 9.80. The van der Waals surface area contributed by atoms with Gasteiger partial charge in [-0.15, -0.1) is 0 Å². The Bertz CT molecular complexity index is 1440. The van der Waals surface area contributed by atoms with Crippen molar-refractivity contribution in [3.05, 3.63) is 91.0 Å². The summed E-state index contributed by atoms with van der Waals surface area (Å²) in [5, 5.41) is 13.6. The molecule has 1 aliphatic rings. The summed E-state index contributed by atoms with van der Waals surface area (Å²) in [5.41, 5.74) is 1.56. The summed E-state index contributed by atoms with van der Waals surface area (Å²) < 4.78 is 7.27. The van der Waals surface area contributed by atoms with Crippen LogP contribution in [-0.2, 0) is 24.4 Å². The van der Waals surface area contributed by atoms with Crippen molar-refractivity contribution in [2.45, 2.75) is 33.5 Å². The number of rotatable bonds is 7. The number of benzene rings is 1. The van der Waals surface area contributed by atoms with Crippen LogP contribution < -0.4 is 10.9 Å². The zero-order valence-corrected chi connectivity index (χ0v) is 21.4. The largest absolute Gasteiger partial charge is 0.467 e. The number of thiocarbonyl (C=S) groups is 1. The van der Waals surface area contributed by atoms with Crippen LogP contribution in [0.1, 0.15) is 34.9 Å². The number of carbonyl (C=O) groups excluding carboxylic acids is 1. The van der Waals surface area contributed by atoms with Crippen LogP contribution in [0.15, 0.2) is 56.8 Å². The Morgan fingerprint density at radius 3 is 2.69 bits per heavy atom. The lowest BCUT2D eigenvalue weighted by molar-refractivity contribution is -0.122. The van der Waals surface area contributed by atoms with Gasteiger partial charge in [0.25, 0.3) is 11.5 Å². The number of nitriles is 1. The van der Waals surface area contributed by atoms with E-state index in [4.69, 9.17) is 28.2 Å². The summed E-state index contributed by atoms with van der Waals surface area (Å²) in [6, 6.07) is 13.0. The van der Waals surface area contributed by atoms with Gasteiger partial charge in [0.15, 0.2) is 0 Å². The molecule has 3 heterocycles. The predicted molar refractivity (Wildman–Crippen MR) is 142 cm³/mol. The van der Waals surface area contributed by atoms with Crippen LogP contribution in [0.3, 0.4) is 0 Å². The van der Waals surface area contributed by atoms with Crippen molar-refractivity contribution in [2.75, 3.05) is 5.32 Å². The van der Waals surface area contributed by atoms with Crippen molar-refractivity contribution in [2.24, 2.45) is 0 Å². The van der Waals surface area contributed by atoms with Crippen LogP contribution in [-0.4, -0.2) is 19.7 Å². The quantitative estimate of drug-likeness (QED) is 0.331. The molecule has 2 aromatic heterocycles. The molecule has 178 valence electrons. The number of aromatic nitrogens is 1. The molecular formula is C25H21ClN4O3S2. The molecule has 10 heteroatoms. The lowest BCUT2D eigenvalue weighted by Gasteiger charge is -2.19. The van der Waals surface area contributed by atoms with Gasteiger partial charge in [-0.05, 0) is 49.2 Å². The first-order valence-electron chi connectivity index (χ1n) is 10.8. The number of carbonyl (C=O) groups is 1. The maximum absolute atomic E-state index is 13.2. The molecule has 0 unspecified atom stereocenters. The number of nitrogens with zero attached hydrogens (tertiary/aromatic N) is 3. The van der Waals surface area contributed by atoms with Gasteiger partial charge in [-0.25, -0.2) is 0 Å². The molecule has 0 radical (unpaired) electrons. The van der Waals surface area contributed by atoms with Gasteiger partial charge in [0.05, 0.1) is 17.7 Å². The Labute approximate surface area is 217 Å². The first-order valence-corrected chi connectivity index (χ1v) is 12.4. The summed E-state index contributed by atoms with van der Waals surface area (Å²) in [4.78, 5) is 28.1. The first-order chi connectivity index (χ1) is 16.8. The summed E-state index contributed by atoms with van der Waals surface area (Å²) in [7, 11) is 0. The van der Waals surface area contributed by atoms with E-state index in [1.54, 1.807) is 37.5 Å². The third kappa shape index (κ3) is 4.91. The van der Waals surface area contributed by atoms with Crippen molar-refractivity contribution in [3.8, 4) is 6.07 Å². The van der Waals surface area contributed by atoms with Crippen LogP contribution in [0.25, 0.3) is 6.08 Å². The van der Waals surface area contributed by atoms with E-state index in [2.05, 4.69) is 5.32 Å². The third-order valence-corrected chi connectivity index (χ3v) is 7.38. The smallest absolute Gasteiger partial charge is 0.270 e. The molecule has 35 heavy (non-hydrogen) atoms. The highest BCUT2D eigenvalue weighted by molar-refractivity contribution is 8.26. The minimum Gasteiger partial charge on any atom is -0.467 e. The zero-order chi connectivity index (χ0) is 25.1. The van der Waals surface area contributed by atoms with Crippen LogP contribution >= 0.6 is 35.6 Å². The predicted octanol–water partition coefficient (Wildman–Crippen LogP) is 5.31. The molecule has 4 rings (SSSR count). The fourth-order valence-electron chi connectivity index (χ4n) is 3.80. The molecule has 1 N–H and O–H groups in total. The van der Waals surface area contributed by atoms with Gasteiger partial charge in [0.2, 0.25) is 0 Å². The Morgan fingerprint density at radius 2 is 2.03 bits per heavy atom. The van der Waals surface area contributed by atoms with E-state index in [0.29, 0.717) is 50.0 Å². The highest BCUT2D eigenvalue weighted by Gasteiger charge is 2.33. The van der Waals surface area contributed by atoms with Crippen molar-refractivity contribution in [1.29, 1.82) is 5.26 Å². The SMILES string of the molecule is CCn1c(NCc2ccccc2Cl)c(/C=C2/SC(=S)N(Cc3ccco3)C2=O)c(C)c(C#N)c1=O. The topological polar surface area (TPSA) is 91.3 Å². The maximum Gasteiger partial charge on any atom is 0.270 e. The number of amides is 1. The van der Waals surface area contributed by atoms with Gasteiger partial charge >= 0.3 is 0 Å². The van der Waals surface area contributed by atoms with E-state index < -0.39 is 5.56 Å². The van der Waals surface area contributed by atoms with Gasteiger partial charge in [0.1, 0.15) is 27.5 Å². The molecule has 1 aliphatic heterocycles. The van der Waals surface area contributed by atoms with E-state index in [1.807, 2.05) is 31.2 Å². The Morgan fingerprint density at radius 1 is 1.26 bits per heavy atom. The molecule has 1 amide bonds. The molecule has 3 aromatic rings. The van der Waals surface area contributed by atoms with E-state index in [1.165, 1.54) is 21.2 Å².